The highest BCUT2D eigenvalue weighted by Crippen LogP contribution is 2.42. The van der Waals surface area contributed by atoms with Gasteiger partial charge >= 0.3 is 0 Å². The van der Waals surface area contributed by atoms with E-state index in [1.807, 2.05) is 0 Å². The summed E-state index contributed by atoms with van der Waals surface area (Å²) in [7, 11) is -1.55. The first-order valence-corrected chi connectivity index (χ1v) is 11.5. The van der Waals surface area contributed by atoms with Crippen molar-refractivity contribution in [3.8, 4) is 0 Å². The predicted octanol–water partition coefficient (Wildman–Crippen LogP) is 5.53. The van der Waals surface area contributed by atoms with E-state index < -0.39 is 8.32 Å². The van der Waals surface area contributed by atoms with Crippen molar-refractivity contribution < 1.29 is 9.16 Å². The molecular formula is C20H24O2Si. The van der Waals surface area contributed by atoms with Gasteiger partial charge in [-0.1, -0.05) is 36.4 Å². The summed E-state index contributed by atoms with van der Waals surface area (Å²) < 4.78 is 11.8. The molecule has 0 aromatic heterocycles. The second-order valence-corrected chi connectivity index (χ2v) is 11.3. The van der Waals surface area contributed by atoms with Crippen molar-refractivity contribution in [2.75, 3.05) is 6.79 Å². The van der Waals surface area contributed by atoms with E-state index in [2.05, 4.69) is 75.1 Å². The molecule has 2 nitrogen and oxygen atoms in total. The van der Waals surface area contributed by atoms with Gasteiger partial charge in [-0.25, -0.2) is 0 Å². The van der Waals surface area contributed by atoms with Crippen LogP contribution < -0.4 is 0 Å². The van der Waals surface area contributed by atoms with Gasteiger partial charge in [0.2, 0.25) is 0 Å². The molecule has 0 aliphatic heterocycles. The van der Waals surface area contributed by atoms with Gasteiger partial charge in [0.05, 0.1) is 0 Å². The van der Waals surface area contributed by atoms with Crippen LogP contribution in [-0.4, -0.2) is 15.1 Å². The van der Waals surface area contributed by atoms with Gasteiger partial charge in [0.1, 0.15) is 5.76 Å². The van der Waals surface area contributed by atoms with Crippen LogP contribution in [0.25, 0.3) is 11.6 Å². The van der Waals surface area contributed by atoms with Crippen molar-refractivity contribution in [1.29, 1.82) is 0 Å². The second kappa shape index (κ2) is 6.34. The number of rotatable bonds is 5. The number of benzene rings is 1. The van der Waals surface area contributed by atoms with Crippen LogP contribution in [0, 0.1) is 0 Å². The standard InChI is InChI=1S/C20H24O2Si/c1-5-16-17-10-7-6-9-15(17)13-19(16)18-11-8-12-20(18)21-14-22-23(2,3)4/h5-10,12-13H,11,14H2,1-4H3. The number of hydrogen-bond acceptors (Lipinski definition) is 2. The number of hydrogen-bond donors (Lipinski definition) is 0. The Labute approximate surface area is 140 Å². The summed E-state index contributed by atoms with van der Waals surface area (Å²) >= 11 is 0. The molecule has 1 aromatic rings. The Kier molecular flexibility index (Phi) is 4.42. The van der Waals surface area contributed by atoms with Crippen LogP contribution in [0.5, 0.6) is 0 Å². The van der Waals surface area contributed by atoms with Crippen molar-refractivity contribution in [3.05, 3.63) is 70.5 Å². The molecule has 3 heteroatoms. The van der Waals surface area contributed by atoms with Crippen LogP contribution in [0.2, 0.25) is 19.6 Å². The molecule has 3 rings (SSSR count). The van der Waals surface area contributed by atoms with Gasteiger partial charge in [-0.15, -0.1) is 0 Å². The minimum atomic E-state index is -1.55. The molecule has 120 valence electrons. The van der Waals surface area contributed by atoms with Gasteiger partial charge in [-0.3, -0.25) is 0 Å². The number of ether oxygens (including phenoxy) is 1. The fourth-order valence-electron chi connectivity index (χ4n) is 2.94. The zero-order valence-corrected chi connectivity index (χ0v) is 15.3. The Morgan fingerprint density at radius 3 is 2.70 bits per heavy atom. The van der Waals surface area contributed by atoms with E-state index in [-0.39, 0.29) is 0 Å². The normalized spacial score (nSPS) is 18.6. The molecule has 2 aliphatic rings. The van der Waals surface area contributed by atoms with Crippen LogP contribution >= 0.6 is 0 Å². The monoisotopic (exact) mass is 324 g/mol. The summed E-state index contributed by atoms with van der Waals surface area (Å²) in [5.41, 5.74) is 6.43. The van der Waals surface area contributed by atoms with E-state index >= 15 is 0 Å². The molecule has 1 aromatic carbocycles. The molecule has 23 heavy (non-hydrogen) atoms. The lowest BCUT2D eigenvalue weighted by molar-refractivity contribution is 0.0610. The lowest BCUT2D eigenvalue weighted by Gasteiger charge is -2.18. The highest BCUT2D eigenvalue weighted by atomic mass is 28.4. The number of fused-ring (bicyclic) bond motifs is 1. The van der Waals surface area contributed by atoms with Gasteiger partial charge in [0, 0.05) is 5.57 Å². The summed E-state index contributed by atoms with van der Waals surface area (Å²) in [5, 5.41) is 0. The topological polar surface area (TPSA) is 18.5 Å². The quantitative estimate of drug-likeness (QED) is 0.524. The van der Waals surface area contributed by atoms with Gasteiger partial charge in [-0.2, -0.15) is 0 Å². The summed E-state index contributed by atoms with van der Waals surface area (Å²) in [4.78, 5) is 0. The van der Waals surface area contributed by atoms with Crippen LogP contribution in [0.3, 0.4) is 0 Å². The van der Waals surface area contributed by atoms with Gasteiger partial charge < -0.3 is 9.16 Å². The maximum atomic E-state index is 5.93. The first kappa shape index (κ1) is 16.0. The molecule has 0 fully saturated rings. The van der Waals surface area contributed by atoms with Crippen LogP contribution in [0.1, 0.15) is 24.5 Å². The van der Waals surface area contributed by atoms with E-state index in [1.165, 1.54) is 27.8 Å². The Bertz CT molecular complexity index is 730. The fourth-order valence-corrected chi connectivity index (χ4v) is 3.35. The molecular weight excluding hydrogens is 300 g/mol. The summed E-state index contributed by atoms with van der Waals surface area (Å²) in [5.74, 6) is 0.946. The Morgan fingerprint density at radius 1 is 1.17 bits per heavy atom. The second-order valence-electron chi connectivity index (χ2n) is 6.82. The van der Waals surface area contributed by atoms with Gasteiger partial charge in [0.25, 0.3) is 0 Å². The van der Waals surface area contributed by atoms with E-state index in [4.69, 9.17) is 9.16 Å². The molecule has 0 saturated carbocycles. The Balaban J connectivity index is 1.85. The van der Waals surface area contributed by atoms with Crippen molar-refractivity contribution in [3.63, 3.8) is 0 Å². The SMILES string of the molecule is CC=C1C(C2=C(OCO[Si](C)(C)C)C=CC2)=Cc2ccccc21. The third kappa shape index (κ3) is 3.41. The fraction of sp³-hybridized carbons (Fsp3) is 0.300. The van der Waals surface area contributed by atoms with E-state index in [0.29, 0.717) is 6.79 Å². The third-order valence-corrected chi connectivity index (χ3v) is 5.03. The summed E-state index contributed by atoms with van der Waals surface area (Å²) in [6.07, 6.45) is 9.62. The third-order valence-electron chi connectivity index (χ3n) is 4.05. The average Bonchev–Trinajstić information content (AvgIpc) is 3.09. The lowest BCUT2D eigenvalue weighted by atomic mass is 9.96. The van der Waals surface area contributed by atoms with E-state index in [9.17, 15) is 0 Å². The molecule has 0 unspecified atom stereocenters. The Hall–Kier alpha value is -1.84. The highest BCUT2D eigenvalue weighted by Gasteiger charge is 2.24. The minimum absolute atomic E-state index is 0.338. The maximum Gasteiger partial charge on any atom is 0.188 e. The van der Waals surface area contributed by atoms with Crippen molar-refractivity contribution in [2.24, 2.45) is 0 Å². The van der Waals surface area contributed by atoms with Gasteiger partial charge in [-0.05, 0) is 67.4 Å². The molecule has 0 bridgehead atoms. The zero-order valence-electron chi connectivity index (χ0n) is 14.3. The largest absolute Gasteiger partial charge is 0.468 e. The molecule has 0 atom stereocenters. The predicted molar refractivity (Wildman–Crippen MR) is 99.2 cm³/mol. The first-order valence-electron chi connectivity index (χ1n) is 8.14. The molecule has 0 amide bonds. The zero-order chi connectivity index (χ0) is 16.4. The van der Waals surface area contributed by atoms with E-state index in [0.717, 1.165) is 12.2 Å². The molecule has 0 saturated heterocycles. The summed E-state index contributed by atoms with van der Waals surface area (Å²) in [6.45, 7) is 8.95. The molecule has 0 heterocycles. The first-order chi connectivity index (χ1) is 11.0. The number of allylic oxidation sites excluding steroid dienone is 6. The lowest BCUT2D eigenvalue weighted by Crippen LogP contribution is -2.26. The van der Waals surface area contributed by atoms with Crippen molar-refractivity contribution in [1.82, 2.24) is 0 Å². The minimum Gasteiger partial charge on any atom is -0.468 e. The smallest absolute Gasteiger partial charge is 0.188 e. The molecule has 0 spiro atoms. The van der Waals surface area contributed by atoms with Crippen LogP contribution in [0.4, 0.5) is 0 Å². The molecule has 0 N–H and O–H groups in total. The van der Waals surface area contributed by atoms with Gasteiger partial charge in [0.15, 0.2) is 15.1 Å². The molecule has 2 aliphatic carbocycles. The van der Waals surface area contributed by atoms with Crippen LogP contribution in [-0.2, 0) is 9.16 Å². The van der Waals surface area contributed by atoms with Crippen molar-refractivity contribution in [2.45, 2.75) is 33.0 Å². The maximum absolute atomic E-state index is 5.93. The van der Waals surface area contributed by atoms with Crippen LogP contribution in [0.15, 0.2) is 59.4 Å². The Morgan fingerprint density at radius 2 is 1.96 bits per heavy atom. The average molecular weight is 324 g/mol. The van der Waals surface area contributed by atoms with Crippen molar-refractivity contribution >= 4 is 20.0 Å². The van der Waals surface area contributed by atoms with E-state index in [1.54, 1.807) is 0 Å². The molecule has 0 radical (unpaired) electrons. The highest BCUT2D eigenvalue weighted by molar-refractivity contribution is 6.69. The summed E-state index contributed by atoms with van der Waals surface area (Å²) in [6, 6.07) is 8.54.